The summed E-state index contributed by atoms with van der Waals surface area (Å²) in [6.07, 6.45) is -1.42. The predicted octanol–water partition coefficient (Wildman–Crippen LogP) is 2.65. The fraction of sp³-hybridized carbons (Fsp3) is 0.550. The Morgan fingerprint density at radius 2 is 1.72 bits per heavy atom. The number of alkyl carbamates (subject to hydrolysis) is 2. The van der Waals surface area contributed by atoms with Crippen molar-refractivity contribution in [3.8, 4) is 0 Å². The molecule has 2 rings (SSSR count). The number of likely N-dealkylation sites (tertiary alicyclic amines) is 1. The quantitative estimate of drug-likeness (QED) is 0.555. The molecule has 1 aromatic carbocycles. The van der Waals surface area contributed by atoms with Crippen LogP contribution >= 0.6 is 0 Å². The number of carbonyl (C=O) groups is 3. The lowest BCUT2D eigenvalue weighted by Crippen LogP contribution is -2.39. The molecule has 1 heterocycles. The van der Waals surface area contributed by atoms with Gasteiger partial charge in [0.1, 0.15) is 18.3 Å². The van der Waals surface area contributed by atoms with Crippen LogP contribution in [0, 0.1) is 0 Å². The van der Waals surface area contributed by atoms with Gasteiger partial charge in [0.05, 0.1) is 6.54 Å². The van der Waals surface area contributed by atoms with Gasteiger partial charge in [-0.15, -0.1) is 0 Å². The monoisotopic (exact) mass is 407 g/mol. The Labute approximate surface area is 170 Å². The van der Waals surface area contributed by atoms with Crippen LogP contribution in [0.15, 0.2) is 30.3 Å². The van der Waals surface area contributed by atoms with E-state index in [1.807, 2.05) is 30.3 Å². The first-order valence-corrected chi connectivity index (χ1v) is 9.60. The van der Waals surface area contributed by atoms with E-state index in [2.05, 4.69) is 10.6 Å². The summed E-state index contributed by atoms with van der Waals surface area (Å²) < 4.78 is 15.7. The zero-order valence-electron chi connectivity index (χ0n) is 17.1. The van der Waals surface area contributed by atoms with E-state index in [1.165, 1.54) is 4.90 Å². The molecule has 1 atom stereocenters. The zero-order chi connectivity index (χ0) is 21.3. The van der Waals surface area contributed by atoms with Crippen LogP contribution in [0.4, 0.5) is 14.4 Å². The van der Waals surface area contributed by atoms with Crippen LogP contribution < -0.4 is 10.6 Å². The number of amides is 3. The minimum atomic E-state index is -0.597. The van der Waals surface area contributed by atoms with Gasteiger partial charge < -0.3 is 29.7 Å². The van der Waals surface area contributed by atoms with Gasteiger partial charge in [-0.2, -0.15) is 0 Å². The van der Waals surface area contributed by atoms with Crippen LogP contribution in [-0.2, 0) is 20.8 Å². The molecule has 2 N–H and O–H groups in total. The number of nitrogens with one attached hydrogen (secondary N) is 2. The lowest BCUT2D eigenvalue weighted by atomic mass is 10.2. The first-order valence-electron chi connectivity index (χ1n) is 9.60. The molecule has 1 aliphatic rings. The SMILES string of the molecule is CC(C)(C)OC(=O)NCCNC(=O)O[C@@H]1CCN(C(=O)OCc2ccccc2)C1. The van der Waals surface area contributed by atoms with Crippen molar-refractivity contribution in [2.45, 2.75) is 45.5 Å². The minimum absolute atomic E-state index is 0.201. The fourth-order valence-corrected chi connectivity index (χ4v) is 2.64. The summed E-state index contributed by atoms with van der Waals surface area (Å²) in [7, 11) is 0. The highest BCUT2D eigenvalue weighted by Crippen LogP contribution is 2.15. The maximum absolute atomic E-state index is 12.1. The summed E-state index contributed by atoms with van der Waals surface area (Å²) in [5.74, 6) is 0. The van der Waals surface area contributed by atoms with Crippen LogP contribution in [0.1, 0.15) is 32.8 Å². The van der Waals surface area contributed by atoms with E-state index in [0.29, 0.717) is 13.0 Å². The van der Waals surface area contributed by atoms with Gasteiger partial charge in [0.2, 0.25) is 0 Å². The second-order valence-electron chi connectivity index (χ2n) is 7.66. The van der Waals surface area contributed by atoms with Gasteiger partial charge in [-0.1, -0.05) is 30.3 Å². The molecule has 9 heteroatoms. The Bertz CT molecular complexity index is 689. The van der Waals surface area contributed by atoms with E-state index in [-0.39, 0.29) is 26.2 Å². The number of carbonyl (C=O) groups excluding carboxylic acids is 3. The topological polar surface area (TPSA) is 106 Å². The van der Waals surface area contributed by atoms with Gasteiger partial charge >= 0.3 is 18.3 Å². The Morgan fingerprint density at radius 3 is 2.38 bits per heavy atom. The highest BCUT2D eigenvalue weighted by atomic mass is 16.6. The third kappa shape index (κ3) is 8.71. The Balaban J connectivity index is 1.59. The second-order valence-corrected chi connectivity index (χ2v) is 7.66. The van der Waals surface area contributed by atoms with E-state index >= 15 is 0 Å². The summed E-state index contributed by atoms with van der Waals surface area (Å²) >= 11 is 0. The summed E-state index contributed by atoms with van der Waals surface area (Å²) in [4.78, 5) is 37.0. The lowest BCUT2D eigenvalue weighted by molar-refractivity contribution is 0.0526. The van der Waals surface area contributed by atoms with Crippen molar-refractivity contribution < 1.29 is 28.6 Å². The molecule has 0 bridgehead atoms. The maximum atomic E-state index is 12.1. The Hall–Kier alpha value is -2.97. The normalized spacial score (nSPS) is 16.1. The average molecular weight is 407 g/mol. The van der Waals surface area contributed by atoms with Crippen LogP contribution in [-0.4, -0.2) is 61.1 Å². The van der Waals surface area contributed by atoms with Crippen LogP contribution in [0.2, 0.25) is 0 Å². The molecule has 3 amide bonds. The van der Waals surface area contributed by atoms with Gasteiger partial charge in [-0.05, 0) is 26.3 Å². The highest BCUT2D eigenvalue weighted by molar-refractivity contribution is 5.70. The number of hydrogen-bond acceptors (Lipinski definition) is 6. The molecule has 1 saturated heterocycles. The predicted molar refractivity (Wildman–Crippen MR) is 105 cm³/mol. The minimum Gasteiger partial charge on any atom is -0.445 e. The van der Waals surface area contributed by atoms with Gasteiger partial charge in [-0.3, -0.25) is 0 Å². The molecule has 1 aromatic rings. The van der Waals surface area contributed by atoms with Crippen molar-refractivity contribution in [2.24, 2.45) is 0 Å². The zero-order valence-corrected chi connectivity index (χ0v) is 17.1. The third-order valence-corrected chi connectivity index (χ3v) is 3.94. The van der Waals surface area contributed by atoms with Gasteiger partial charge in [0.25, 0.3) is 0 Å². The molecule has 1 aliphatic heterocycles. The Morgan fingerprint density at radius 1 is 1.07 bits per heavy atom. The molecule has 29 heavy (non-hydrogen) atoms. The maximum Gasteiger partial charge on any atom is 0.410 e. The van der Waals surface area contributed by atoms with Gasteiger partial charge in [-0.25, -0.2) is 14.4 Å². The largest absolute Gasteiger partial charge is 0.445 e. The first-order chi connectivity index (χ1) is 13.7. The van der Waals surface area contributed by atoms with E-state index in [1.54, 1.807) is 20.8 Å². The summed E-state index contributed by atoms with van der Waals surface area (Å²) in [5, 5.41) is 5.09. The molecular formula is C20H29N3O6. The molecule has 0 radical (unpaired) electrons. The molecule has 9 nitrogen and oxygen atoms in total. The van der Waals surface area contributed by atoms with Gasteiger partial charge in [0, 0.05) is 26.1 Å². The van der Waals surface area contributed by atoms with Crippen molar-refractivity contribution in [3.63, 3.8) is 0 Å². The number of ether oxygens (including phenoxy) is 3. The van der Waals surface area contributed by atoms with E-state index in [9.17, 15) is 14.4 Å². The number of rotatable bonds is 6. The molecular weight excluding hydrogens is 378 g/mol. The summed E-state index contributed by atoms with van der Waals surface area (Å²) in [6.45, 7) is 6.68. The fourth-order valence-electron chi connectivity index (χ4n) is 2.64. The average Bonchev–Trinajstić information content (AvgIpc) is 3.11. The summed E-state index contributed by atoms with van der Waals surface area (Å²) in [5.41, 5.74) is 0.333. The lowest BCUT2D eigenvalue weighted by Gasteiger charge is -2.19. The number of benzene rings is 1. The van der Waals surface area contributed by atoms with E-state index in [0.717, 1.165) is 5.56 Å². The molecule has 1 fully saturated rings. The van der Waals surface area contributed by atoms with Crippen LogP contribution in [0.25, 0.3) is 0 Å². The van der Waals surface area contributed by atoms with E-state index < -0.39 is 30.0 Å². The van der Waals surface area contributed by atoms with E-state index in [4.69, 9.17) is 14.2 Å². The smallest absolute Gasteiger partial charge is 0.410 e. The molecule has 0 aliphatic carbocycles. The molecule has 0 spiro atoms. The van der Waals surface area contributed by atoms with Crippen molar-refractivity contribution in [1.82, 2.24) is 15.5 Å². The standard InChI is InChI=1S/C20H29N3O6/c1-20(2,3)29-18(25)22-11-10-21-17(24)28-16-9-12-23(13-16)19(26)27-14-15-7-5-4-6-8-15/h4-8,16H,9-14H2,1-3H3,(H,21,24)(H,22,25)/t16-/m1/s1. The number of nitrogens with zero attached hydrogens (tertiary/aromatic N) is 1. The molecule has 0 saturated carbocycles. The van der Waals surface area contributed by atoms with Crippen LogP contribution in [0.3, 0.4) is 0 Å². The number of hydrogen-bond donors (Lipinski definition) is 2. The molecule has 160 valence electrons. The highest BCUT2D eigenvalue weighted by Gasteiger charge is 2.29. The third-order valence-electron chi connectivity index (χ3n) is 3.94. The first kappa shape index (κ1) is 22.3. The second kappa shape index (κ2) is 10.5. The van der Waals surface area contributed by atoms with Crippen molar-refractivity contribution in [3.05, 3.63) is 35.9 Å². The van der Waals surface area contributed by atoms with Crippen molar-refractivity contribution in [1.29, 1.82) is 0 Å². The Kier molecular flexibility index (Phi) is 8.11. The van der Waals surface area contributed by atoms with Gasteiger partial charge in [0.15, 0.2) is 0 Å². The van der Waals surface area contributed by atoms with Crippen LogP contribution in [0.5, 0.6) is 0 Å². The molecule has 0 aromatic heterocycles. The summed E-state index contributed by atoms with van der Waals surface area (Å²) in [6, 6.07) is 9.41. The molecule has 0 unspecified atom stereocenters. The van der Waals surface area contributed by atoms with Crippen molar-refractivity contribution in [2.75, 3.05) is 26.2 Å². The van der Waals surface area contributed by atoms with Crippen molar-refractivity contribution >= 4 is 18.3 Å².